The maximum absolute atomic E-state index is 8.13. The molecule has 0 aromatic carbocycles. The van der Waals surface area contributed by atoms with Gasteiger partial charge in [-0.3, -0.25) is 0 Å². The number of hydrogen-bond donors (Lipinski definition) is 1. The summed E-state index contributed by atoms with van der Waals surface area (Å²) < 4.78 is 0. The summed E-state index contributed by atoms with van der Waals surface area (Å²) in [5.74, 6) is 0. The molecule has 0 aromatic rings. The van der Waals surface area contributed by atoms with Gasteiger partial charge in [0.15, 0.2) is 0 Å². The predicted molar refractivity (Wildman–Crippen MR) is 25.1 cm³/mol. The summed E-state index contributed by atoms with van der Waals surface area (Å²) >= 11 is 0. The van der Waals surface area contributed by atoms with Crippen LogP contribution in [0, 0.1) is 17.9 Å². The Morgan fingerprint density at radius 3 is 3.14 bits per heavy atom. The van der Waals surface area contributed by atoms with E-state index in [1.807, 2.05) is 6.07 Å². The lowest BCUT2D eigenvalue weighted by molar-refractivity contribution is 0.918. The van der Waals surface area contributed by atoms with Crippen molar-refractivity contribution in [2.24, 2.45) is 5.10 Å². The molecule has 0 unspecified atom stereocenters. The fourth-order valence-corrected chi connectivity index (χ4v) is 0.382. The molecular weight excluding hydrogens is 90.1 g/mol. The first-order valence-corrected chi connectivity index (χ1v) is 1.97. The Morgan fingerprint density at radius 1 is 2.00 bits per heavy atom. The van der Waals surface area contributed by atoms with E-state index in [0.717, 1.165) is 0 Å². The van der Waals surface area contributed by atoms with Crippen molar-refractivity contribution in [3.8, 4) is 6.07 Å². The Hall–Kier alpha value is -1.04. The molecule has 0 saturated heterocycles. The van der Waals surface area contributed by atoms with E-state index in [-0.39, 0.29) is 0 Å². The number of hydrazone groups is 1. The molecule has 0 aromatic heterocycles. The normalized spacial score (nSPS) is 17.3. The van der Waals surface area contributed by atoms with E-state index in [2.05, 4.69) is 10.5 Å². The van der Waals surface area contributed by atoms with Gasteiger partial charge in [0.25, 0.3) is 0 Å². The third-order valence-corrected chi connectivity index (χ3v) is 0.715. The molecule has 0 amide bonds. The zero-order valence-corrected chi connectivity index (χ0v) is 3.68. The van der Waals surface area contributed by atoms with Gasteiger partial charge in [-0.2, -0.15) is 10.4 Å². The smallest absolute Gasteiger partial charge is 0.139 e. The Bertz CT molecular complexity index is 130. The van der Waals surface area contributed by atoms with Crippen LogP contribution in [0.1, 0.15) is 6.42 Å². The molecule has 0 bridgehead atoms. The second kappa shape index (κ2) is 1.61. The van der Waals surface area contributed by atoms with Crippen LogP contribution in [0.2, 0.25) is 0 Å². The van der Waals surface area contributed by atoms with Crippen LogP contribution < -0.4 is 5.43 Å². The highest BCUT2D eigenvalue weighted by molar-refractivity contribution is 5.99. The summed E-state index contributed by atoms with van der Waals surface area (Å²) in [7, 11) is 0. The van der Waals surface area contributed by atoms with Crippen molar-refractivity contribution in [3.05, 3.63) is 6.54 Å². The van der Waals surface area contributed by atoms with Crippen molar-refractivity contribution in [2.45, 2.75) is 6.42 Å². The standard InChI is InChI=1S/C4H4N3/c5-3-4-1-2-6-7-4/h2,6H,1H2. The Labute approximate surface area is 41.6 Å². The lowest BCUT2D eigenvalue weighted by Crippen LogP contribution is -1.88. The van der Waals surface area contributed by atoms with E-state index in [4.69, 9.17) is 5.26 Å². The zero-order chi connectivity index (χ0) is 5.11. The van der Waals surface area contributed by atoms with Gasteiger partial charge in [0.1, 0.15) is 11.8 Å². The van der Waals surface area contributed by atoms with Gasteiger partial charge in [0, 0.05) is 6.42 Å². The first-order chi connectivity index (χ1) is 3.43. The van der Waals surface area contributed by atoms with E-state index in [9.17, 15) is 0 Å². The maximum atomic E-state index is 8.13. The van der Waals surface area contributed by atoms with E-state index in [1.54, 1.807) is 6.54 Å². The average Bonchev–Trinajstić information content (AvgIpc) is 2.14. The zero-order valence-electron chi connectivity index (χ0n) is 3.68. The van der Waals surface area contributed by atoms with E-state index < -0.39 is 0 Å². The number of nitrogens with one attached hydrogen (secondary N) is 1. The van der Waals surface area contributed by atoms with Crippen molar-refractivity contribution in [1.82, 2.24) is 5.43 Å². The van der Waals surface area contributed by atoms with Gasteiger partial charge < -0.3 is 5.43 Å². The average molecular weight is 94.1 g/mol. The summed E-state index contributed by atoms with van der Waals surface area (Å²) in [6, 6.07) is 1.92. The summed E-state index contributed by atoms with van der Waals surface area (Å²) in [5.41, 5.74) is 3.12. The molecule has 1 radical (unpaired) electrons. The second-order valence-corrected chi connectivity index (χ2v) is 1.21. The highest BCUT2D eigenvalue weighted by Gasteiger charge is 2.02. The predicted octanol–water partition coefficient (Wildman–Crippen LogP) is 0.0211. The van der Waals surface area contributed by atoms with E-state index >= 15 is 0 Å². The minimum atomic E-state index is 0.556. The molecule has 1 aliphatic heterocycles. The highest BCUT2D eigenvalue weighted by atomic mass is 15.3. The molecule has 1 aliphatic rings. The Kier molecular flexibility index (Phi) is 0.947. The van der Waals surface area contributed by atoms with Crippen LogP contribution in [-0.4, -0.2) is 5.71 Å². The minimum absolute atomic E-state index is 0.556. The van der Waals surface area contributed by atoms with Gasteiger partial charge in [-0.05, 0) is 0 Å². The van der Waals surface area contributed by atoms with Gasteiger partial charge in [0.05, 0.1) is 6.54 Å². The lowest BCUT2D eigenvalue weighted by atomic mass is 10.3. The molecule has 0 saturated carbocycles. The summed E-state index contributed by atoms with van der Waals surface area (Å²) in [5, 5.41) is 11.7. The molecule has 1 N–H and O–H groups in total. The molecule has 3 nitrogen and oxygen atoms in total. The Balaban J connectivity index is 2.57. The molecule has 0 spiro atoms. The highest BCUT2D eigenvalue weighted by Crippen LogP contribution is 1.93. The van der Waals surface area contributed by atoms with Crippen molar-refractivity contribution < 1.29 is 0 Å². The monoisotopic (exact) mass is 94.0 g/mol. The molecule has 0 fully saturated rings. The van der Waals surface area contributed by atoms with Crippen molar-refractivity contribution >= 4 is 5.71 Å². The van der Waals surface area contributed by atoms with Crippen LogP contribution in [0.15, 0.2) is 5.10 Å². The molecule has 3 heteroatoms. The first kappa shape index (κ1) is 4.13. The van der Waals surface area contributed by atoms with Gasteiger partial charge in [0.2, 0.25) is 0 Å². The molecule has 0 aliphatic carbocycles. The minimum Gasteiger partial charge on any atom is -0.303 e. The van der Waals surface area contributed by atoms with Crippen LogP contribution in [0.25, 0.3) is 0 Å². The van der Waals surface area contributed by atoms with Gasteiger partial charge >= 0.3 is 0 Å². The molecule has 1 heterocycles. The van der Waals surface area contributed by atoms with Gasteiger partial charge in [-0.1, -0.05) is 0 Å². The van der Waals surface area contributed by atoms with Crippen molar-refractivity contribution in [1.29, 1.82) is 5.26 Å². The maximum Gasteiger partial charge on any atom is 0.139 e. The molecule has 1 rings (SSSR count). The molecule has 7 heavy (non-hydrogen) atoms. The summed E-state index contributed by atoms with van der Waals surface area (Å²) in [4.78, 5) is 0. The second-order valence-electron chi connectivity index (χ2n) is 1.21. The third kappa shape index (κ3) is 0.686. The van der Waals surface area contributed by atoms with Crippen molar-refractivity contribution in [2.75, 3.05) is 0 Å². The third-order valence-electron chi connectivity index (χ3n) is 0.715. The fraction of sp³-hybridized carbons (Fsp3) is 0.250. The molecule has 35 valence electrons. The van der Waals surface area contributed by atoms with Crippen LogP contribution in [0.5, 0.6) is 0 Å². The number of nitrogens with zero attached hydrogens (tertiary/aromatic N) is 2. The fourth-order valence-electron chi connectivity index (χ4n) is 0.382. The van der Waals surface area contributed by atoms with Crippen LogP contribution in [0.3, 0.4) is 0 Å². The van der Waals surface area contributed by atoms with Crippen molar-refractivity contribution in [3.63, 3.8) is 0 Å². The topological polar surface area (TPSA) is 48.2 Å². The SMILES string of the molecule is N#CC1=NN[CH]C1. The van der Waals surface area contributed by atoms with Gasteiger partial charge in [-0.25, -0.2) is 0 Å². The van der Waals surface area contributed by atoms with Crippen LogP contribution >= 0.6 is 0 Å². The number of nitriles is 1. The summed E-state index contributed by atoms with van der Waals surface area (Å²) in [6.07, 6.45) is 0.663. The Morgan fingerprint density at radius 2 is 2.86 bits per heavy atom. The van der Waals surface area contributed by atoms with E-state index in [0.29, 0.717) is 12.1 Å². The first-order valence-electron chi connectivity index (χ1n) is 1.97. The van der Waals surface area contributed by atoms with Crippen LogP contribution in [0.4, 0.5) is 0 Å². The quantitative estimate of drug-likeness (QED) is 0.460. The number of rotatable bonds is 0. The number of hydrogen-bond acceptors (Lipinski definition) is 3. The van der Waals surface area contributed by atoms with E-state index in [1.165, 1.54) is 0 Å². The molecular formula is C4H4N3. The van der Waals surface area contributed by atoms with Crippen LogP contribution in [-0.2, 0) is 0 Å². The summed E-state index contributed by atoms with van der Waals surface area (Å²) in [6.45, 7) is 1.73. The largest absolute Gasteiger partial charge is 0.303 e. The lowest BCUT2D eigenvalue weighted by Gasteiger charge is -1.74. The van der Waals surface area contributed by atoms with Gasteiger partial charge in [-0.15, -0.1) is 0 Å². The molecule has 0 atom stereocenters.